The summed E-state index contributed by atoms with van der Waals surface area (Å²) < 4.78 is 39.6. The van der Waals surface area contributed by atoms with Crippen LogP contribution >= 0.6 is 0 Å². The lowest BCUT2D eigenvalue weighted by molar-refractivity contribution is -0.138. The number of aliphatic hydroxyl groups is 1. The highest BCUT2D eigenvalue weighted by molar-refractivity contribution is 5.94. The van der Waals surface area contributed by atoms with Crippen molar-refractivity contribution < 1.29 is 23.1 Å². The van der Waals surface area contributed by atoms with Gasteiger partial charge in [0, 0.05) is 24.1 Å². The lowest BCUT2D eigenvalue weighted by Gasteiger charge is -2.52. The SMILES string of the molecule is O=C(c1ccccc1)N1CCC(O)(c2cccc(C(F)(F)F)c2)C2[CH]CC[CH]C21. The second-order valence-electron chi connectivity index (χ2n) is 7.68. The number of carbonyl (C=O) groups is 1. The van der Waals surface area contributed by atoms with Crippen molar-refractivity contribution in [3.05, 3.63) is 84.1 Å². The molecule has 1 amide bonds. The van der Waals surface area contributed by atoms with Crippen LogP contribution in [0.2, 0.25) is 0 Å². The summed E-state index contributed by atoms with van der Waals surface area (Å²) in [6.07, 6.45) is 1.14. The van der Waals surface area contributed by atoms with E-state index in [1.54, 1.807) is 35.2 Å². The van der Waals surface area contributed by atoms with Crippen LogP contribution in [0.3, 0.4) is 0 Å². The number of rotatable bonds is 2. The van der Waals surface area contributed by atoms with E-state index in [-0.39, 0.29) is 30.5 Å². The van der Waals surface area contributed by atoms with E-state index in [0.29, 0.717) is 5.56 Å². The number of alkyl halides is 3. The molecule has 4 rings (SSSR count). The van der Waals surface area contributed by atoms with Crippen molar-refractivity contribution in [2.45, 2.75) is 37.1 Å². The normalized spacial score (nSPS) is 27.4. The molecule has 1 heterocycles. The molecule has 2 aromatic carbocycles. The molecule has 1 saturated carbocycles. The minimum Gasteiger partial charge on any atom is -0.385 e. The van der Waals surface area contributed by atoms with E-state index in [9.17, 15) is 23.1 Å². The maximum atomic E-state index is 13.2. The van der Waals surface area contributed by atoms with Gasteiger partial charge in [0.25, 0.3) is 5.91 Å². The van der Waals surface area contributed by atoms with Crippen molar-refractivity contribution in [2.75, 3.05) is 6.54 Å². The van der Waals surface area contributed by atoms with Gasteiger partial charge in [0.15, 0.2) is 0 Å². The topological polar surface area (TPSA) is 40.5 Å². The van der Waals surface area contributed by atoms with Gasteiger partial charge in [-0.05, 0) is 61.9 Å². The summed E-state index contributed by atoms with van der Waals surface area (Å²) in [6, 6.07) is 13.5. The Hall–Kier alpha value is -2.34. The first-order valence-corrected chi connectivity index (χ1v) is 9.73. The maximum absolute atomic E-state index is 13.2. The van der Waals surface area contributed by atoms with Gasteiger partial charge in [-0.2, -0.15) is 13.2 Å². The van der Waals surface area contributed by atoms with Gasteiger partial charge in [-0.15, -0.1) is 0 Å². The van der Waals surface area contributed by atoms with E-state index >= 15 is 0 Å². The van der Waals surface area contributed by atoms with Gasteiger partial charge in [-0.1, -0.05) is 30.3 Å². The van der Waals surface area contributed by atoms with Crippen molar-refractivity contribution in [1.29, 1.82) is 0 Å². The van der Waals surface area contributed by atoms with Crippen molar-refractivity contribution in [3.8, 4) is 0 Å². The molecule has 0 spiro atoms. The molecule has 29 heavy (non-hydrogen) atoms. The van der Waals surface area contributed by atoms with Crippen LogP contribution < -0.4 is 0 Å². The molecule has 2 aromatic rings. The van der Waals surface area contributed by atoms with E-state index in [2.05, 4.69) is 0 Å². The number of nitrogens with zero attached hydrogens (tertiary/aromatic N) is 1. The molecule has 3 unspecified atom stereocenters. The van der Waals surface area contributed by atoms with Crippen LogP contribution in [0.1, 0.15) is 40.7 Å². The molecular weight excluding hydrogens is 379 g/mol. The molecule has 3 nitrogen and oxygen atoms in total. The molecule has 0 bridgehead atoms. The minimum absolute atomic E-state index is 0.127. The first kappa shape index (κ1) is 20.0. The molecule has 0 aromatic heterocycles. The molecule has 1 aliphatic carbocycles. The van der Waals surface area contributed by atoms with Crippen LogP contribution in [0, 0.1) is 18.8 Å². The van der Waals surface area contributed by atoms with Crippen molar-refractivity contribution in [1.82, 2.24) is 4.90 Å². The van der Waals surface area contributed by atoms with Crippen LogP contribution in [-0.2, 0) is 11.8 Å². The summed E-state index contributed by atoms with van der Waals surface area (Å²) in [6.45, 7) is 0.270. The number of likely N-dealkylation sites (tertiary alicyclic amines) is 1. The number of amides is 1. The second-order valence-corrected chi connectivity index (χ2v) is 7.68. The number of piperidine rings is 1. The fourth-order valence-corrected chi connectivity index (χ4v) is 4.52. The largest absolute Gasteiger partial charge is 0.416 e. The Bertz CT molecular complexity index is 883. The third-order valence-electron chi connectivity index (χ3n) is 5.98. The smallest absolute Gasteiger partial charge is 0.385 e. The Morgan fingerprint density at radius 1 is 1.03 bits per heavy atom. The fraction of sp³-hybridized carbons (Fsp3) is 0.348. The number of halogens is 3. The van der Waals surface area contributed by atoms with Crippen LogP contribution in [0.25, 0.3) is 0 Å². The summed E-state index contributed by atoms with van der Waals surface area (Å²) in [7, 11) is 0. The number of benzene rings is 2. The molecular formula is C23H22F3NO2. The molecule has 2 fully saturated rings. The summed E-state index contributed by atoms with van der Waals surface area (Å²) in [5.41, 5.74) is -1.41. The highest BCUT2D eigenvalue weighted by atomic mass is 19.4. The van der Waals surface area contributed by atoms with E-state index in [0.717, 1.165) is 25.0 Å². The molecule has 2 radical (unpaired) electrons. The Labute approximate surface area is 168 Å². The highest BCUT2D eigenvalue weighted by Gasteiger charge is 2.51. The Morgan fingerprint density at radius 2 is 1.76 bits per heavy atom. The van der Waals surface area contributed by atoms with Crippen LogP contribution in [-0.4, -0.2) is 28.5 Å². The van der Waals surface area contributed by atoms with E-state index in [4.69, 9.17) is 0 Å². The zero-order chi connectivity index (χ0) is 20.6. The zero-order valence-electron chi connectivity index (χ0n) is 15.8. The van der Waals surface area contributed by atoms with Gasteiger partial charge in [0.2, 0.25) is 0 Å². The van der Waals surface area contributed by atoms with E-state index in [1.807, 2.05) is 18.9 Å². The second kappa shape index (κ2) is 7.48. The molecule has 1 aliphatic heterocycles. The van der Waals surface area contributed by atoms with Crippen molar-refractivity contribution in [3.63, 3.8) is 0 Å². The van der Waals surface area contributed by atoms with Crippen molar-refractivity contribution in [2.24, 2.45) is 5.92 Å². The lowest BCUT2D eigenvalue weighted by Crippen LogP contribution is -2.59. The van der Waals surface area contributed by atoms with E-state index < -0.39 is 23.3 Å². The predicted octanol–water partition coefficient (Wildman–Crippen LogP) is 4.63. The first-order chi connectivity index (χ1) is 13.8. The Kier molecular flexibility index (Phi) is 5.15. The minimum atomic E-state index is -4.47. The monoisotopic (exact) mass is 401 g/mol. The van der Waals surface area contributed by atoms with Crippen molar-refractivity contribution >= 4 is 5.91 Å². The van der Waals surface area contributed by atoms with Crippen LogP contribution in [0.5, 0.6) is 0 Å². The van der Waals surface area contributed by atoms with Gasteiger partial charge in [-0.25, -0.2) is 0 Å². The quantitative estimate of drug-likeness (QED) is 0.797. The van der Waals surface area contributed by atoms with Crippen LogP contribution in [0.15, 0.2) is 54.6 Å². The molecule has 1 saturated heterocycles. The van der Waals surface area contributed by atoms with Gasteiger partial charge in [0.05, 0.1) is 11.2 Å². The number of hydrogen-bond donors (Lipinski definition) is 1. The molecule has 2 aliphatic rings. The molecule has 152 valence electrons. The standard InChI is InChI=1S/C23H22F3NO2/c24-23(25,26)18-10-6-9-17(15-18)22(29)13-14-27(20-12-5-4-11-19(20)22)21(28)16-7-2-1-3-8-16/h1-3,6-12,15,19-20,29H,4-5,13-14H2. The number of fused-ring (bicyclic) bond motifs is 1. The molecule has 1 N–H and O–H groups in total. The van der Waals surface area contributed by atoms with Crippen LogP contribution in [0.4, 0.5) is 13.2 Å². The summed E-state index contributed by atoms with van der Waals surface area (Å²) >= 11 is 0. The highest BCUT2D eigenvalue weighted by Crippen LogP contribution is 2.47. The number of hydrogen-bond acceptors (Lipinski definition) is 2. The average Bonchev–Trinajstić information content (AvgIpc) is 2.74. The summed E-state index contributed by atoms with van der Waals surface area (Å²) in [5, 5.41) is 11.5. The first-order valence-electron chi connectivity index (χ1n) is 9.73. The van der Waals surface area contributed by atoms with Gasteiger partial charge in [0.1, 0.15) is 0 Å². The number of carbonyl (C=O) groups excluding carboxylic acids is 1. The Balaban J connectivity index is 1.67. The average molecular weight is 401 g/mol. The molecule has 3 atom stereocenters. The zero-order valence-corrected chi connectivity index (χ0v) is 15.8. The van der Waals surface area contributed by atoms with E-state index in [1.165, 1.54) is 6.07 Å². The van der Waals surface area contributed by atoms with Gasteiger partial charge < -0.3 is 10.0 Å². The fourth-order valence-electron chi connectivity index (χ4n) is 4.52. The third kappa shape index (κ3) is 3.66. The Morgan fingerprint density at radius 3 is 2.48 bits per heavy atom. The lowest BCUT2D eigenvalue weighted by atomic mass is 9.66. The maximum Gasteiger partial charge on any atom is 0.416 e. The van der Waals surface area contributed by atoms with Gasteiger partial charge in [-0.3, -0.25) is 4.79 Å². The summed E-state index contributed by atoms with van der Waals surface area (Å²) in [5.74, 6) is -0.584. The predicted molar refractivity (Wildman–Crippen MR) is 103 cm³/mol. The molecule has 6 heteroatoms. The van der Waals surface area contributed by atoms with Gasteiger partial charge >= 0.3 is 6.18 Å². The summed E-state index contributed by atoms with van der Waals surface area (Å²) in [4.78, 5) is 14.8. The third-order valence-corrected chi connectivity index (χ3v) is 5.98.